The fourth-order valence-corrected chi connectivity index (χ4v) is 1.76. The van der Waals surface area contributed by atoms with E-state index in [1.165, 1.54) is 16.8 Å². The van der Waals surface area contributed by atoms with Gasteiger partial charge in [0, 0.05) is 11.8 Å². The molecule has 8 heteroatoms. The maximum atomic E-state index is 12.8. The van der Waals surface area contributed by atoms with Gasteiger partial charge in [0.05, 0.1) is 12.2 Å². The van der Waals surface area contributed by atoms with Gasteiger partial charge in [0.15, 0.2) is 5.83 Å². The Labute approximate surface area is 129 Å². The minimum atomic E-state index is -2.53. The number of hydrogen-bond acceptors (Lipinski definition) is 3. The lowest BCUT2D eigenvalue weighted by molar-refractivity contribution is -0.143. The van der Waals surface area contributed by atoms with E-state index in [9.17, 15) is 22.4 Å². The Balaban J connectivity index is 1.84. The summed E-state index contributed by atoms with van der Waals surface area (Å²) in [5.41, 5.74) is 1.32. The number of esters is 1. The monoisotopic (exact) mass is 328 g/mol. The summed E-state index contributed by atoms with van der Waals surface area (Å²) in [6, 6.07) is 7.45. The van der Waals surface area contributed by atoms with Gasteiger partial charge in [0.25, 0.3) is 0 Å². The molecule has 23 heavy (non-hydrogen) atoms. The van der Waals surface area contributed by atoms with Crippen LogP contribution in [0.25, 0.3) is 11.3 Å². The highest BCUT2D eigenvalue weighted by molar-refractivity contribution is 5.71. The number of carbonyl (C=O) groups is 1. The highest BCUT2D eigenvalue weighted by Crippen LogP contribution is 2.17. The lowest BCUT2D eigenvalue weighted by Gasteiger charge is -2.04. The largest absolute Gasteiger partial charge is 0.463 e. The molecule has 0 amide bonds. The van der Waals surface area contributed by atoms with Crippen molar-refractivity contribution in [3.63, 3.8) is 0 Å². The summed E-state index contributed by atoms with van der Waals surface area (Å²) in [5, 5.41) is 4.20. The van der Waals surface area contributed by atoms with Gasteiger partial charge in [-0.25, -0.2) is 8.78 Å². The van der Waals surface area contributed by atoms with E-state index in [0.29, 0.717) is 11.3 Å². The Morgan fingerprint density at radius 3 is 2.48 bits per heavy atom. The molecule has 0 bridgehead atoms. The molecule has 0 aliphatic rings. The van der Waals surface area contributed by atoms with Gasteiger partial charge in [0.1, 0.15) is 18.8 Å². The molecule has 0 atom stereocenters. The Hall–Kier alpha value is -2.64. The van der Waals surface area contributed by atoms with Crippen LogP contribution in [0.2, 0.25) is 0 Å². The number of halogens is 4. The van der Waals surface area contributed by atoms with Crippen molar-refractivity contribution in [2.45, 2.75) is 13.0 Å². The molecule has 0 N–H and O–H groups in total. The van der Waals surface area contributed by atoms with Crippen molar-refractivity contribution < 1.29 is 27.1 Å². The molecule has 2 aromatic rings. The molecule has 122 valence electrons. The molecule has 4 nitrogen and oxygen atoms in total. The highest BCUT2D eigenvalue weighted by Gasteiger charge is 2.12. The number of hydrogen-bond donors (Lipinski definition) is 0. The van der Waals surface area contributed by atoms with E-state index >= 15 is 0 Å². The van der Waals surface area contributed by atoms with Crippen LogP contribution in [-0.4, -0.2) is 22.4 Å². The van der Waals surface area contributed by atoms with Gasteiger partial charge >= 0.3 is 12.0 Å². The lowest BCUT2D eigenvalue weighted by atomic mass is 10.1. The van der Waals surface area contributed by atoms with Crippen molar-refractivity contribution >= 4 is 5.97 Å². The topological polar surface area (TPSA) is 44.1 Å². The van der Waals surface area contributed by atoms with Crippen LogP contribution >= 0.6 is 0 Å². The Morgan fingerprint density at radius 2 is 1.83 bits per heavy atom. The minimum Gasteiger partial charge on any atom is -0.463 e. The van der Waals surface area contributed by atoms with Crippen LogP contribution in [-0.2, 0) is 16.1 Å². The average Bonchev–Trinajstić information content (AvgIpc) is 2.96. The van der Waals surface area contributed by atoms with Gasteiger partial charge in [-0.2, -0.15) is 13.9 Å². The molecule has 0 radical (unpaired) electrons. The summed E-state index contributed by atoms with van der Waals surface area (Å²) in [6.07, 6.45) is -2.01. The molecule has 0 aliphatic heterocycles. The molecule has 2 rings (SSSR count). The average molecular weight is 328 g/mol. The quantitative estimate of drug-likeness (QED) is 0.600. The Morgan fingerprint density at radius 1 is 1.13 bits per heavy atom. The first-order chi connectivity index (χ1) is 11.0. The van der Waals surface area contributed by atoms with Gasteiger partial charge in [-0.1, -0.05) is 0 Å². The van der Waals surface area contributed by atoms with E-state index in [-0.39, 0.29) is 19.0 Å². The number of ether oxygens (including phenoxy) is 1. The maximum absolute atomic E-state index is 12.8. The molecule has 1 heterocycles. The molecule has 0 saturated heterocycles. The molecule has 0 unspecified atom stereocenters. The van der Waals surface area contributed by atoms with Crippen LogP contribution in [0.3, 0.4) is 0 Å². The molecule has 0 spiro atoms. The van der Waals surface area contributed by atoms with E-state index < -0.39 is 24.3 Å². The molecule has 1 aromatic carbocycles. The van der Waals surface area contributed by atoms with Crippen molar-refractivity contribution in [3.8, 4) is 11.3 Å². The third-order valence-corrected chi connectivity index (χ3v) is 2.87. The number of aromatic nitrogens is 2. The molecule has 1 aromatic heterocycles. The van der Waals surface area contributed by atoms with Crippen molar-refractivity contribution in [2.24, 2.45) is 0 Å². The van der Waals surface area contributed by atoms with Crippen molar-refractivity contribution in [2.75, 3.05) is 6.61 Å². The second-order valence-corrected chi connectivity index (χ2v) is 4.53. The third-order valence-electron chi connectivity index (χ3n) is 2.87. The summed E-state index contributed by atoms with van der Waals surface area (Å²) in [5.74, 6) is -3.24. The Kier molecular flexibility index (Phi) is 5.51. The predicted octanol–water partition coefficient (Wildman–Crippen LogP) is 3.70. The fourth-order valence-electron chi connectivity index (χ4n) is 1.76. The molecule has 0 fully saturated rings. The van der Waals surface area contributed by atoms with Gasteiger partial charge in [0.2, 0.25) is 0 Å². The highest BCUT2D eigenvalue weighted by atomic mass is 19.3. The van der Waals surface area contributed by atoms with Crippen molar-refractivity contribution in [1.29, 1.82) is 0 Å². The van der Waals surface area contributed by atoms with Crippen LogP contribution in [0, 0.1) is 5.82 Å². The predicted molar refractivity (Wildman–Crippen MR) is 73.5 cm³/mol. The number of nitrogens with zero attached hydrogens (tertiary/aromatic N) is 2. The summed E-state index contributed by atoms with van der Waals surface area (Å²) in [6.45, 7) is 0.0426. The van der Waals surface area contributed by atoms with E-state index in [1.54, 1.807) is 24.4 Å². The number of benzene rings is 1. The second-order valence-electron chi connectivity index (χ2n) is 4.53. The van der Waals surface area contributed by atoms with E-state index in [2.05, 4.69) is 9.84 Å². The van der Waals surface area contributed by atoms with Crippen LogP contribution < -0.4 is 0 Å². The van der Waals surface area contributed by atoms with Crippen molar-refractivity contribution in [1.82, 2.24) is 9.78 Å². The molecule has 0 aliphatic carbocycles. The zero-order valence-electron chi connectivity index (χ0n) is 11.8. The zero-order chi connectivity index (χ0) is 16.8. The smallest absolute Gasteiger partial charge is 0.312 e. The molecular formula is C15H12F4N2O2. The van der Waals surface area contributed by atoms with Gasteiger partial charge < -0.3 is 4.74 Å². The minimum absolute atomic E-state index is 0.134. The Bertz CT molecular complexity index is 707. The third kappa shape index (κ3) is 4.94. The van der Waals surface area contributed by atoms with Gasteiger partial charge in [-0.05, 0) is 30.3 Å². The van der Waals surface area contributed by atoms with Gasteiger partial charge in [-0.15, -0.1) is 0 Å². The van der Waals surface area contributed by atoms with E-state index in [0.717, 1.165) is 0 Å². The normalized spacial score (nSPS) is 10.4. The first-order valence-electron chi connectivity index (χ1n) is 6.60. The zero-order valence-corrected chi connectivity index (χ0v) is 11.8. The summed E-state index contributed by atoms with van der Waals surface area (Å²) >= 11 is 0. The summed E-state index contributed by atoms with van der Waals surface area (Å²) in [7, 11) is 0. The van der Waals surface area contributed by atoms with Crippen LogP contribution in [0.5, 0.6) is 0 Å². The molecular weight excluding hydrogens is 316 g/mol. The number of rotatable bonds is 6. The van der Waals surface area contributed by atoms with Crippen LogP contribution in [0.1, 0.15) is 6.42 Å². The van der Waals surface area contributed by atoms with Crippen LogP contribution in [0.4, 0.5) is 17.6 Å². The standard InChI is InChI=1S/C15H12F4N2O2/c16-11-3-1-10(2-4-11)13-5-6-21(20-13)7-8-23-14(22)9-12(17)15(18)19/h1-6H,7-9H2. The van der Waals surface area contributed by atoms with Gasteiger partial charge in [-0.3, -0.25) is 9.48 Å². The second kappa shape index (κ2) is 7.57. The van der Waals surface area contributed by atoms with E-state index in [1.807, 2.05) is 0 Å². The summed E-state index contributed by atoms with van der Waals surface area (Å²) in [4.78, 5) is 11.1. The van der Waals surface area contributed by atoms with Crippen LogP contribution in [0.15, 0.2) is 48.4 Å². The SMILES string of the molecule is O=C(CC(F)=C(F)F)OCCn1ccc(-c2ccc(F)cc2)n1. The molecule has 0 saturated carbocycles. The maximum Gasteiger partial charge on any atom is 0.312 e. The van der Waals surface area contributed by atoms with E-state index in [4.69, 9.17) is 0 Å². The first-order valence-corrected chi connectivity index (χ1v) is 6.60. The van der Waals surface area contributed by atoms with Crippen molar-refractivity contribution in [3.05, 3.63) is 54.3 Å². The fraction of sp³-hybridized carbons (Fsp3) is 0.200. The first kappa shape index (κ1) is 16.7. The lowest BCUT2D eigenvalue weighted by Crippen LogP contribution is -2.11. The number of carbonyl (C=O) groups excluding carboxylic acids is 1. The summed E-state index contributed by atoms with van der Waals surface area (Å²) < 4.78 is 55.1.